The van der Waals surface area contributed by atoms with E-state index in [4.69, 9.17) is 15.9 Å². The van der Waals surface area contributed by atoms with Crippen LogP contribution in [0, 0.1) is 5.41 Å². The Morgan fingerprint density at radius 1 is 0.909 bits per heavy atom. The molecular weight excluding hydrogens is 420 g/mol. The van der Waals surface area contributed by atoms with Crippen molar-refractivity contribution in [2.75, 3.05) is 26.3 Å². The zero-order valence-corrected chi connectivity index (χ0v) is 21.1. The summed E-state index contributed by atoms with van der Waals surface area (Å²) in [5.74, 6) is -1.07. The lowest BCUT2D eigenvalue weighted by Gasteiger charge is -2.17. The van der Waals surface area contributed by atoms with Crippen molar-refractivity contribution in [2.24, 2.45) is 5.73 Å². The molecule has 8 heteroatoms. The third kappa shape index (κ3) is 23.6. The second-order valence-electron chi connectivity index (χ2n) is 9.11. The van der Waals surface area contributed by atoms with Crippen LogP contribution in [0.15, 0.2) is 0 Å². The summed E-state index contributed by atoms with van der Waals surface area (Å²) >= 11 is 0. The lowest BCUT2D eigenvalue weighted by Crippen LogP contribution is -2.42. The molecule has 2 atom stereocenters. The summed E-state index contributed by atoms with van der Waals surface area (Å²) < 4.78 is 5.54. The molecule has 0 aliphatic rings. The summed E-state index contributed by atoms with van der Waals surface area (Å²) in [6.45, 7) is 3.73. The van der Waals surface area contributed by atoms with E-state index in [1.807, 2.05) is 0 Å². The van der Waals surface area contributed by atoms with Crippen molar-refractivity contribution < 1.29 is 19.7 Å². The van der Waals surface area contributed by atoms with Crippen LogP contribution in [0.3, 0.4) is 0 Å². The van der Waals surface area contributed by atoms with Crippen LogP contribution in [0.25, 0.3) is 0 Å². The molecule has 0 radical (unpaired) electrons. The fraction of sp³-hybridized carbons (Fsp3) is 0.920. The second kappa shape index (κ2) is 23.8. The number of aliphatic carboxylic acids is 1. The van der Waals surface area contributed by atoms with Crippen LogP contribution < -0.4 is 16.4 Å². The zero-order chi connectivity index (χ0) is 24.6. The van der Waals surface area contributed by atoms with E-state index in [1.54, 1.807) is 0 Å². The van der Waals surface area contributed by atoms with Gasteiger partial charge < -0.3 is 31.3 Å². The molecule has 7 N–H and O–H groups in total. The number of carboxylic acid groups (broad SMARTS) is 1. The van der Waals surface area contributed by atoms with Crippen molar-refractivity contribution in [3.63, 3.8) is 0 Å². The third-order valence-corrected chi connectivity index (χ3v) is 5.84. The summed E-state index contributed by atoms with van der Waals surface area (Å²) in [4.78, 5) is 11.3. The Kier molecular flexibility index (Phi) is 22.8. The summed E-state index contributed by atoms with van der Waals surface area (Å²) in [6, 6.07) is -0.737. The van der Waals surface area contributed by atoms with E-state index in [0.29, 0.717) is 26.0 Å². The van der Waals surface area contributed by atoms with Gasteiger partial charge in [0.1, 0.15) is 6.04 Å². The lowest BCUT2D eigenvalue weighted by molar-refractivity contribution is -0.139. The van der Waals surface area contributed by atoms with E-state index < -0.39 is 18.1 Å². The number of hydrogen-bond acceptors (Lipinski definition) is 5. The van der Waals surface area contributed by atoms with Gasteiger partial charge in [-0.1, -0.05) is 90.4 Å². The summed E-state index contributed by atoms with van der Waals surface area (Å²) in [6.07, 6.45) is 18.7. The minimum absolute atomic E-state index is 0.124. The molecule has 0 aromatic heterocycles. The predicted octanol–water partition coefficient (Wildman–Crippen LogP) is 4.15. The maximum atomic E-state index is 11.3. The van der Waals surface area contributed by atoms with Crippen LogP contribution in [-0.4, -0.2) is 60.6 Å². The Balaban J connectivity index is 3.46. The lowest BCUT2D eigenvalue weighted by atomic mass is 10.0. The quantitative estimate of drug-likeness (QED) is 0.0666. The average molecular weight is 473 g/mol. The average Bonchev–Trinajstić information content (AvgIpc) is 2.77. The van der Waals surface area contributed by atoms with Gasteiger partial charge >= 0.3 is 5.97 Å². The van der Waals surface area contributed by atoms with Gasteiger partial charge in [0, 0.05) is 19.7 Å². The molecule has 0 heterocycles. The Bertz CT molecular complexity index is 466. The van der Waals surface area contributed by atoms with E-state index in [-0.39, 0.29) is 19.1 Å². The molecule has 33 heavy (non-hydrogen) atoms. The van der Waals surface area contributed by atoms with Gasteiger partial charge in [0.15, 0.2) is 5.96 Å². The van der Waals surface area contributed by atoms with Crippen molar-refractivity contribution in [1.29, 1.82) is 5.41 Å². The minimum atomic E-state index is -0.951. The molecule has 1 unspecified atom stereocenters. The van der Waals surface area contributed by atoms with Gasteiger partial charge in [-0.05, 0) is 19.3 Å². The molecule has 0 spiro atoms. The first kappa shape index (κ1) is 31.6. The molecule has 0 amide bonds. The molecular formula is C25H52N4O4. The maximum absolute atomic E-state index is 11.3. The van der Waals surface area contributed by atoms with E-state index in [2.05, 4.69) is 17.6 Å². The molecule has 0 aromatic carbocycles. The Labute approximate surface area is 201 Å². The van der Waals surface area contributed by atoms with Gasteiger partial charge in [-0.3, -0.25) is 10.2 Å². The highest BCUT2D eigenvalue weighted by molar-refractivity contribution is 5.74. The van der Waals surface area contributed by atoms with Crippen molar-refractivity contribution in [1.82, 2.24) is 10.6 Å². The van der Waals surface area contributed by atoms with Gasteiger partial charge in [-0.2, -0.15) is 0 Å². The molecule has 0 saturated heterocycles. The number of nitrogens with two attached hydrogens (primary N) is 1. The number of nitrogens with one attached hydrogen (secondary N) is 3. The van der Waals surface area contributed by atoms with Crippen LogP contribution in [0.2, 0.25) is 0 Å². The van der Waals surface area contributed by atoms with Crippen LogP contribution in [0.1, 0.15) is 110 Å². The van der Waals surface area contributed by atoms with Crippen LogP contribution in [-0.2, 0) is 9.53 Å². The zero-order valence-electron chi connectivity index (χ0n) is 21.1. The van der Waals surface area contributed by atoms with Crippen molar-refractivity contribution in [3.8, 4) is 0 Å². The van der Waals surface area contributed by atoms with Crippen molar-refractivity contribution in [3.05, 3.63) is 0 Å². The number of carboxylic acids is 1. The summed E-state index contributed by atoms with van der Waals surface area (Å²) in [5.41, 5.74) is 5.19. The molecule has 0 rings (SSSR count). The number of guanidine groups is 1. The monoisotopic (exact) mass is 472 g/mol. The molecule has 8 nitrogen and oxygen atoms in total. The first-order chi connectivity index (χ1) is 16.0. The number of aliphatic hydroxyl groups excluding tert-OH is 1. The molecule has 0 aromatic rings. The number of rotatable bonds is 25. The molecule has 196 valence electrons. The third-order valence-electron chi connectivity index (χ3n) is 5.84. The number of carbonyl (C=O) groups is 1. The van der Waals surface area contributed by atoms with E-state index in [0.717, 1.165) is 12.8 Å². The van der Waals surface area contributed by atoms with Gasteiger partial charge in [0.05, 0.1) is 12.7 Å². The van der Waals surface area contributed by atoms with Gasteiger partial charge in [-0.25, -0.2) is 0 Å². The molecule has 0 saturated carbocycles. The number of ether oxygens (including phenoxy) is 1. The van der Waals surface area contributed by atoms with E-state index >= 15 is 0 Å². The molecule has 0 bridgehead atoms. The van der Waals surface area contributed by atoms with Crippen LogP contribution in [0.5, 0.6) is 0 Å². The van der Waals surface area contributed by atoms with Crippen molar-refractivity contribution >= 4 is 11.9 Å². The minimum Gasteiger partial charge on any atom is -0.480 e. The van der Waals surface area contributed by atoms with Crippen LogP contribution >= 0.6 is 0 Å². The fourth-order valence-corrected chi connectivity index (χ4v) is 3.80. The van der Waals surface area contributed by atoms with Crippen molar-refractivity contribution in [2.45, 2.75) is 122 Å². The normalized spacial score (nSPS) is 13.0. The summed E-state index contributed by atoms with van der Waals surface area (Å²) in [7, 11) is 0. The molecule has 0 aliphatic carbocycles. The maximum Gasteiger partial charge on any atom is 0.320 e. The van der Waals surface area contributed by atoms with Gasteiger partial charge in [-0.15, -0.1) is 0 Å². The number of aliphatic hydroxyl groups is 1. The highest BCUT2D eigenvalue weighted by atomic mass is 16.5. The highest BCUT2D eigenvalue weighted by Gasteiger charge is 2.17. The van der Waals surface area contributed by atoms with Gasteiger partial charge in [0.25, 0.3) is 0 Å². The Morgan fingerprint density at radius 3 is 1.91 bits per heavy atom. The SMILES string of the molecule is CCCCCCCCCCCCCCCCOCC(O)CN[C@@H](CCCNC(=N)N)C(=O)O. The Hall–Kier alpha value is -1.38. The van der Waals surface area contributed by atoms with E-state index in [9.17, 15) is 15.0 Å². The second-order valence-corrected chi connectivity index (χ2v) is 9.11. The largest absolute Gasteiger partial charge is 0.480 e. The summed E-state index contributed by atoms with van der Waals surface area (Å²) in [5, 5.41) is 31.9. The first-order valence-electron chi connectivity index (χ1n) is 13.3. The fourth-order valence-electron chi connectivity index (χ4n) is 3.80. The van der Waals surface area contributed by atoms with E-state index in [1.165, 1.54) is 77.0 Å². The topological polar surface area (TPSA) is 141 Å². The number of unbranched alkanes of at least 4 members (excludes halogenated alkanes) is 13. The van der Waals surface area contributed by atoms with Crippen LogP contribution in [0.4, 0.5) is 0 Å². The number of hydrogen-bond donors (Lipinski definition) is 6. The predicted molar refractivity (Wildman–Crippen MR) is 136 cm³/mol. The first-order valence-corrected chi connectivity index (χ1v) is 13.3. The standard InChI is InChI=1S/C25H52N4O4/c1-2-3-4-5-6-7-8-9-10-11-12-13-14-15-19-33-21-22(30)20-29-23(24(31)32)17-16-18-28-25(26)27/h22-23,29-30H,2-21H2,1H3,(H,31,32)(H4,26,27,28)/t22?,23-/m0/s1. The smallest absolute Gasteiger partial charge is 0.320 e. The highest BCUT2D eigenvalue weighted by Crippen LogP contribution is 2.13. The van der Waals surface area contributed by atoms with Gasteiger partial charge in [0.2, 0.25) is 0 Å². The molecule has 0 fully saturated rings. The Morgan fingerprint density at radius 2 is 1.42 bits per heavy atom. The molecule has 0 aliphatic heterocycles.